The average molecular weight is 716 g/mol. The number of amides is 2. The van der Waals surface area contributed by atoms with Gasteiger partial charge in [0.05, 0.1) is 28.3 Å². The third kappa shape index (κ3) is 9.76. The Bertz CT molecular complexity index is 1840. The molecule has 0 aliphatic heterocycles. The number of halogens is 4. The fraction of sp³-hybridized carbons (Fsp3) is 0.278. The highest BCUT2D eigenvalue weighted by Gasteiger charge is 2.37. The van der Waals surface area contributed by atoms with E-state index in [1.54, 1.807) is 54.6 Å². The number of rotatable bonds is 14. The predicted molar refractivity (Wildman–Crippen MR) is 183 cm³/mol. The van der Waals surface area contributed by atoms with Crippen molar-refractivity contribution < 1.29 is 35.9 Å². The van der Waals surface area contributed by atoms with Crippen molar-refractivity contribution in [3.8, 4) is 5.75 Å². The molecule has 0 unspecified atom stereocenters. The van der Waals surface area contributed by atoms with E-state index in [1.165, 1.54) is 36.3 Å². The second kappa shape index (κ2) is 16.2. The van der Waals surface area contributed by atoms with Crippen LogP contribution < -0.4 is 14.4 Å². The Labute approximate surface area is 289 Å². The highest BCUT2D eigenvalue weighted by molar-refractivity contribution is 7.92. The van der Waals surface area contributed by atoms with Gasteiger partial charge in [-0.15, -0.1) is 0 Å². The molecule has 0 fully saturated rings. The minimum absolute atomic E-state index is 0.0745. The van der Waals surface area contributed by atoms with Gasteiger partial charge >= 0.3 is 6.18 Å². The van der Waals surface area contributed by atoms with Gasteiger partial charge in [-0.05, 0) is 59.5 Å². The molecule has 2 amide bonds. The molecule has 0 saturated heterocycles. The zero-order valence-electron chi connectivity index (χ0n) is 27.2. The normalized spacial score (nSPS) is 12.3. The molecule has 0 aliphatic rings. The molecule has 260 valence electrons. The molecule has 0 aromatic heterocycles. The van der Waals surface area contributed by atoms with E-state index < -0.39 is 56.9 Å². The molecule has 49 heavy (non-hydrogen) atoms. The van der Waals surface area contributed by atoms with Crippen LogP contribution in [0.5, 0.6) is 5.75 Å². The molecule has 4 aromatic carbocycles. The summed E-state index contributed by atoms with van der Waals surface area (Å²) in [4.78, 5) is 29.4. The summed E-state index contributed by atoms with van der Waals surface area (Å²) in [5, 5.41) is 2.25. The lowest BCUT2D eigenvalue weighted by Crippen LogP contribution is -2.53. The summed E-state index contributed by atoms with van der Waals surface area (Å²) in [6.07, 6.45) is -4.84. The first-order chi connectivity index (χ1) is 23.2. The van der Waals surface area contributed by atoms with Gasteiger partial charge in [0.2, 0.25) is 11.8 Å². The molecule has 0 saturated carbocycles. The van der Waals surface area contributed by atoms with E-state index in [-0.39, 0.29) is 23.8 Å². The van der Waals surface area contributed by atoms with E-state index in [9.17, 15) is 31.2 Å². The Morgan fingerprint density at radius 3 is 2.12 bits per heavy atom. The summed E-state index contributed by atoms with van der Waals surface area (Å²) in [5.41, 5.74) is -0.391. The van der Waals surface area contributed by atoms with Crippen molar-refractivity contribution in [2.24, 2.45) is 5.92 Å². The fourth-order valence-corrected chi connectivity index (χ4v) is 6.73. The highest BCUT2D eigenvalue weighted by Crippen LogP contribution is 2.38. The predicted octanol–water partition coefficient (Wildman–Crippen LogP) is 6.98. The molecule has 13 heteroatoms. The number of alkyl halides is 3. The Balaban J connectivity index is 1.86. The second-order valence-electron chi connectivity index (χ2n) is 11.7. The van der Waals surface area contributed by atoms with Crippen molar-refractivity contribution in [3.63, 3.8) is 0 Å². The molecule has 0 heterocycles. The van der Waals surface area contributed by atoms with E-state index in [4.69, 9.17) is 16.3 Å². The first kappa shape index (κ1) is 37.3. The summed E-state index contributed by atoms with van der Waals surface area (Å²) in [6.45, 7) is 3.07. The van der Waals surface area contributed by atoms with Crippen molar-refractivity contribution in [2.75, 3.05) is 24.5 Å². The van der Waals surface area contributed by atoms with Crippen LogP contribution in [0.2, 0.25) is 5.02 Å². The molecule has 8 nitrogen and oxygen atoms in total. The summed E-state index contributed by atoms with van der Waals surface area (Å²) in [7, 11) is -3.13. The van der Waals surface area contributed by atoms with Gasteiger partial charge in [-0.3, -0.25) is 13.9 Å². The Hall–Kier alpha value is -4.55. The molecule has 1 N–H and O–H groups in total. The number of carbonyl (C=O) groups is 2. The van der Waals surface area contributed by atoms with Gasteiger partial charge in [-0.2, -0.15) is 13.2 Å². The van der Waals surface area contributed by atoms with E-state index in [1.807, 2.05) is 19.9 Å². The molecule has 0 bridgehead atoms. The van der Waals surface area contributed by atoms with Crippen LogP contribution in [0.3, 0.4) is 0 Å². The number of anilines is 1. The van der Waals surface area contributed by atoms with Crippen molar-refractivity contribution in [1.29, 1.82) is 0 Å². The number of hydrogen-bond donors (Lipinski definition) is 1. The number of nitrogens with one attached hydrogen (secondary N) is 1. The van der Waals surface area contributed by atoms with Gasteiger partial charge in [0.1, 0.15) is 18.3 Å². The minimum atomic E-state index is -4.91. The molecular weight excluding hydrogens is 679 g/mol. The van der Waals surface area contributed by atoms with Crippen LogP contribution in [0.15, 0.2) is 108 Å². The monoisotopic (exact) mass is 715 g/mol. The summed E-state index contributed by atoms with van der Waals surface area (Å²) < 4.78 is 76.0. The molecular formula is C36H37ClF3N3O5S. The van der Waals surface area contributed by atoms with Crippen LogP contribution in [0.4, 0.5) is 18.9 Å². The van der Waals surface area contributed by atoms with Crippen LogP contribution in [-0.4, -0.2) is 51.4 Å². The van der Waals surface area contributed by atoms with Crippen molar-refractivity contribution in [1.82, 2.24) is 10.2 Å². The number of sulfonamides is 1. The van der Waals surface area contributed by atoms with Gasteiger partial charge in [0.15, 0.2) is 0 Å². The number of methoxy groups -OCH3 is 1. The van der Waals surface area contributed by atoms with E-state index >= 15 is 0 Å². The lowest BCUT2D eigenvalue weighted by molar-refractivity contribution is -0.140. The van der Waals surface area contributed by atoms with Gasteiger partial charge < -0.3 is 15.0 Å². The quantitative estimate of drug-likeness (QED) is 0.152. The highest BCUT2D eigenvalue weighted by atomic mass is 35.5. The zero-order valence-corrected chi connectivity index (χ0v) is 28.7. The van der Waals surface area contributed by atoms with Crippen LogP contribution in [-0.2, 0) is 38.8 Å². The molecule has 0 spiro atoms. The SMILES string of the molecule is COc1cccc(CN(C(=O)CN(c2ccc(Cl)c(C(F)(F)F)c2)S(=O)(=O)c2ccccc2)[C@@H](Cc2ccccc2)C(=O)NCC(C)C)c1. The van der Waals surface area contributed by atoms with Crippen LogP contribution >= 0.6 is 11.6 Å². The first-order valence-electron chi connectivity index (χ1n) is 15.4. The standard InChI is InChI=1S/C36H37ClF3N3O5S/c1-25(2)22-41-35(45)33(20-26-11-6-4-7-12-26)42(23-27-13-10-14-29(19-27)48-3)34(44)24-43(49(46,47)30-15-8-5-9-16-30)28-17-18-32(37)31(21-28)36(38,39)40/h4-19,21,25,33H,20,22-24H2,1-3H3,(H,41,45)/t33-/m0/s1. The van der Waals surface area contributed by atoms with Crippen molar-refractivity contribution >= 4 is 39.1 Å². The Morgan fingerprint density at radius 1 is 0.878 bits per heavy atom. The summed E-state index contributed by atoms with van der Waals surface area (Å²) in [6, 6.07) is 24.4. The van der Waals surface area contributed by atoms with Crippen molar-refractivity contribution in [3.05, 3.63) is 125 Å². The second-order valence-corrected chi connectivity index (χ2v) is 14.0. The summed E-state index contributed by atoms with van der Waals surface area (Å²) in [5.74, 6) is -0.727. The summed E-state index contributed by atoms with van der Waals surface area (Å²) >= 11 is 5.88. The molecule has 4 aromatic rings. The topological polar surface area (TPSA) is 96.0 Å². The number of benzene rings is 4. The number of carbonyl (C=O) groups excluding carboxylic acids is 2. The Kier molecular flexibility index (Phi) is 12.3. The van der Waals surface area contributed by atoms with Gasteiger partial charge in [-0.1, -0.05) is 86.1 Å². The Morgan fingerprint density at radius 2 is 1.51 bits per heavy atom. The first-order valence-corrected chi connectivity index (χ1v) is 17.2. The van der Waals surface area contributed by atoms with E-state index in [2.05, 4.69) is 5.32 Å². The molecule has 1 atom stereocenters. The largest absolute Gasteiger partial charge is 0.497 e. The molecule has 0 aliphatic carbocycles. The molecule has 0 radical (unpaired) electrons. The van der Waals surface area contributed by atoms with Crippen LogP contribution in [0.1, 0.15) is 30.5 Å². The third-order valence-corrected chi connectivity index (χ3v) is 9.71. The van der Waals surface area contributed by atoms with Crippen molar-refractivity contribution in [2.45, 2.75) is 43.9 Å². The van der Waals surface area contributed by atoms with Gasteiger partial charge in [0.25, 0.3) is 10.0 Å². The average Bonchev–Trinajstić information content (AvgIpc) is 3.08. The number of nitrogens with zero attached hydrogens (tertiary/aromatic N) is 2. The fourth-order valence-electron chi connectivity index (χ4n) is 5.08. The zero-order chi connectivity index (χ0) is 35.8. The van der Waals surface area contributed by atoms with Gasteiger partial charge in [0, 0.05) is 19.5 Å². The number of hydrogen-bond acceptors (Lipinski definition) is 5. The maximum absolute atomic E-state index is 14.5. The molecule has 4 rings (SSSR count). The van der Waals surface area contributed by atoms with Crippen LogP contribution in [0.25, 0.3) is 0 Å². The minimum Gasteiger partial charge on any atom is -0.497 e. The smallest absolute Gasteiger partial charge is 0.417 e. The van der Waals surface area contributed by atoms with E-state index in [0.29, 0.717) is 28.2 Å². The number of ether oxygens (including phenoxy) is 1. The maximum Gasteiger partial charge on any atom is 0.417 e. The maximum atomic E-state index is 14.5. The van der Waals surface area contributed by atoms with E-state index in [0.717, 1.165) is 17.7 Å². The third-order valence-electron chi connectivity index (χ3n) is 7.60. The van der Waals surface area contributed by atoms with Crippen LogP contribution in [0, 0.1) is 5.92 Å². The van der Waals surface area contributed by atoms with Gasteiger partial charge in [-0.25, -0.2) is 8.42 Å². The lowest BCUT2D eigenvalue weighted by atomic mass is 10.0. The lowest BCUT2D eigenvalue weighted by Gasteiger charge is -2.34.